The number of carboxylic acid groups (broad SMARTS) is 1. The average Bonchev–Trinajstić information content (AvgIpc) is 2.21. The van der Waals surface area contributed by atoms with Gasteiger partial charge in [0.05, 0.1) is 4.95 Å². The topological polar surface area (TPSA) is 49.3 Å². The maximum absolute atomic E-state index is 10.4. The van der Waals surface area contributed by atoms with Crippen LogP contribution in [-0.4, -0.2) is 16.2 Å². The van der Waals surface area contributed by atoms with Crippen LogP contribution >= 0.6 is 32.9 Å². The normalized spacial score (nSPS) is 13.6. The van der Waals surface area contributed by atoms with Crippen LogP contribution in [0.3, 0.4) is 0 Å². The predicted octanol–water partition coefficient (Wildman–Crippen LogP) is 4.94. The van der Waals surface area contributed by atoms with Gasteiger partial charge in [0, 0.05) is 0 Å². The van der Waals surface area contributed by atoms with Crippen molar-refractivity contribution in [2.24, 2.45) is 5.92 Å². The van der Waals surface area contributed by atoms with Gasteiger partial charge in [0.1, 0.15) is 0 Å². The van der Waals surface area contributed by atoms with E-state index in [0.29, 0.717) is 5.92 Å². The molecule has 3 nitrogen and oxygen atoms in total. The van der Waals surface area contributed by atoms with Gasteiger partial charge in [-0.25, -0.2) is 4.79 Å². The van der Waals surface area contributed by atoms with Gasteiger partial charge in [0.2, 0.25) is 0 Å². The lowest BCUT2D eigenvalue weighted by atomic mass is 10.0. The first-order valence-corrected chi connectivity index (χ1v) is 7.13. The first kappa shape index (κ1) is 19.6. The third kappa shape index (κ3) is 12.5. The number of halogens is 2. The molecule has 0 rings (SSSR count). The Morgan fingerprint density at radius 2 is 1.76 bits per heavy atom. The molecule has 2 unspecified atom stereocenters. The van der Waals surface area contributed by atoms with E-state index >= 15 is 0 Å². The lowest BCUT2D eigenvalue weighted by Crippen LogP contribution is -2.33. The molecule has 104 valence electrons. The molecule has 0 aliphatic carbocycles. The minimum Gasteiger partial charge on any atom is -0.465 e. The number of carbonyl (C=O) groups is 1. The van der Waals surface area contributed by atoms with E-state index in [0.717, 1.165) is 6.42 Å². The van der Waals surface area contributed by atoms with Crippen LogP contribution in [0.1, 0.15) is 58.8 Å². The molecule has 2 N–H and O–H groups in total. The maximum atomic E-state index is 10.4. The van der Waals surface area contributed by atoms with E-state index < -0.39 is 6.09 Å². The van der Waals surface area contributed by atoms with Crippen molar-refractivity contribution in [3.8, 4) is 0 Å². The molecule has 0 spiro atoms. The van der Waals surface area contributed by atoms with Crippen molar-refractivity contribution in [1.82, 2.24) is 5.32 Å². The van der Waals surface area contributed by atoms with E-state index in [1.54, 1.807) is 0 Å². The molecule has 5 heteroatoms. The van der Waals surface area contributed by atoms with Gasteiger partial charge in [-0.2, -0.15) is 0 Å². The molecule has 0 radical (unpaired) electrons. The Morgan fingerprint density at radius 3 is 2.29 bits per heavy atom. The lowest BCUT2D eigenvalue weighted by Gasteiger charge is -2.17. The Morgan fingerprint density at radius 1 is 1.24 bits per heavy atom. The van der Waals surface area contributed by atoms with Crippen molar-refractivity contribution in [2.75, 3.05) is 0 Å². The summed E-state index contributed by atoms with van der Waals surface area (Å²) < 4.78 is 0. The van der Waals surface area contributed by atoms with Gasteiger partial charge in [0.25, 0.3) is 0 Å². The quantitative estimate of drug-likeness (QED) is 0.341. The standard InChI is InChI=1S/C12H24BrNO2.BrH/c1-3-4-5-6-7-8-9-10(2)11(13)14-12(15)16;/h10-11,14H,3-9H2,1-2H3,(H,15,16);1H. The van der Waals surface area contributed by atoms with Crippen molar-refractivity contribution in [1.29, 1.82) is 0 Å². The Bertz CT molecular complexity index is 191. The highest BCUT2D eigenvalue weighted by atomic mass is 79.9. The van der Waals surface area contributed by atoms with Gasteiger partial charge in [0.15, 0.2) is 0 Å². The molecule has 0 bridgehead atoms. The zero-order valence-corrected chi connectivity index (χ0v) is 14.0. The zero-order chi connectivity index (χ0) is 12.4. The number of amides is 1. The molecule has 0 aromatic carbocycles. The summed E-state index contributed by atoms with van der Waals surface area (Å²) >= 11 is 3.35. The van der Waals surface area contributed by atoms with Crippen LogP contribution in [-0.2, 0) is 0 Å². The fraction of sp³-hybridized carbons (Fsp3) is 0.917. The summed E-state index contributed by atoms with van der Waals surface area (Å²) in [6, 6.07) is 0. The van der Waals surface area contributed by atoms with E-state index in [-0.39, 0.29) is 21.9 Å². The van der Waals surface area contributed by atoms with Crippen molar-refractivity contribution < 1.29 is 9.90 Å². The summed E-state index contributed by atoms with van der Waals surface area (Å²) in [5, 5.41) is 11.0. The van der Waals surface area contributed by atoms with Crippen LogP contribution in [0.2, 0.25) is 0 Å². The van der Waals surface area contributed by atoms with Crippen molar-refractivity contribution in [3.63, 3.8) is 0 Å². The molecule has 0 heterocycles. The molecule has 1 amide bonds. The second kappa shape index (κ2) is 12.7. The Hall–Kier alpha value is 0.230. The summed E-state index contributed by atoms with van der Waals surface area (Å²) in [4.78, 5) is 10.3. The molecule has 0 saturated carbocycles. The highest BCUT2D eigenvalue weighted by Crippen LogP contribution is 2.18. The summed E-state index contributed by atoms with van der Waals surface area (Å²) in [7, 11) is 0. The number of nitrogens with one attached hydrogen (secondary N) is 1. The van der Waals surface area contributed by atoms with Gasteiger partial charge in [-0.05, 0) is 12.3 Å². The van der Waals surface area contributed by atoms with Gasteiger partial charge in [-0.3, -0.25) is 0 Å². The second-order valence-electron chi connectivity index (χ2n) is 4.38. The van der Waals surface area contributed by atoms with E-state index in [1.807, 2.05) is 0 Å². The minimum atomic E-state index is -0.961. The summed E-state index contributed by atoms with van der Waals surface area (Å²) in [6.07, 6.45) is 7.81. The second-order valence-corrected chi connectivity index (χ2v) is 5.37. The SMILES string of the molecule is Br.CCCCCCCCC(C)C(Br)NC(=O)O. The van der Waals surface area contributed by atoms with Crippen molar-refractivity contribution in [2.45, 2.75) is 63.7 Å². The number of hydrogen-bond donors (Lipinski definition) is 2. The predicted molar refractivity (Wildman–Crippen MR) is 81.4 cm³/mol. The van der Waals surface area contributed by atoms with Gasteiger partial charge in [-0.1, -0.05) is 68.3 Å². The third-order valence-electron chi connectivity index (χ3n) is 2.77. The molecule has 0 aromatic heterocycles. The highest BCUT2D eigenvalue weighted by molar-refractivity contribution is 9.09. The zero-order valence-electron chi connectivity index (χ0n) is 10.7. The van der Waals surface area contributed by atoms with Crippen LogP contribution in [0, 0.1) is 5.92 Å². The summed E-state index contributed by atoms with van der Waals surface area (Å²) in [5.74, 6) is 0.349. The van der Waals surface area contributed by atoms with Gasteiger partial charge >= 0.3 is 6.09 Å². The van der Waals surface area contributed by atoms with E-state index in [9.17, 15) is 4.79 Å². The average molecular weight is 375 g/mol. The number of rotatable bonds is 9. The molecule has 0 aromatic rings. The van der Waals surface area contributed by atoms with Crippen LogP contribution in [0.5, 0.6) is 0 Å². The molecular weight excluding hydrogens is 350 g/mol. The fourth-order valence-electron chi connectivity index (χ4n) is 1.65. The molecule has 2 atom stereocenters. The molecule has 0 aliphatic rings. The smallest absolute Gasteiger partial charge is 0.405 e. The maximum Gasteiger partial charge on any atom is 0.405 e. The Balaban J connectivity index is 0. The van der Waals surface area contributed by atoms with Gasteiger partial charge in [-0.15, -0.1) is 17.0 Å². The lowest BCUT2D eigenvalue weighted by molar-refractivity contribution is 0.191. The Kier molecular flexibility index (Phi) is 14.6. The Labute approximate surface area is 124 Å². The first-order valence-electron chi connectivity index (χ1n) is 6.21. The molecule has 0 aliphatic heterocycles. The minimum absolute atomic E-state index is 0. The van der Waals surface area contributed by atoms with Crippen LogP contribution in [0.25, 0.3) is 0 Å². The summed E-state index contributed by atoms with van der Waals surface area (Å²) in [6.45, 7) is 4.29. The van der Waals surface area contributed by atoms with Crippen molar-refractivity contribution in [3.05, 3.63) is 0 Å². The van der Waals surface area contributed by atoms with E-state index in [2.05, 4.69) is 35.1 Å². The van der Waals surface area contributed by atoms with Crippen molar-refractivity contribution >= 4 is 39.0 Å². The van der Waals surface area contributed by atoms with Gasteiger partial charge < -0.3 is 10.4 Å². The fourth-order valence-corrected chi connectivity index (χ4v) is 2.11. The molecular formula is C12H25Br2NO2. The summed E-state index contributed by atoms with van der Waals surface area (Å²) in [5.41, 5.74) is 0. The first-order chi connectivity index (χ1) is 7.57. The van der Waals surface area contributed by atoms with Crippen LogP contribution < -0.4 is 5.32 Å². The third-order valence-corrected chi connectivity index (χ3v) is 3.91. The van der Waals surface area contributed by atoms with Crippen LogP contribution in [0.15, 0.2) is 0 Å². The molecule has 0 saturated heterocycles. The number of alkyl halides is 1. The van der Waals surface area contributed by atoms with E-state index in [1.165, 1.54) is 38.5 Å². The molecule has 17 heavy (non-hydrogen) atoms. The molecule has 0 fully saturated rings. The van der Waals surface area contributed by atoms with Crippen LogP contribution in [0.4, 0.5) is 4.79 Å². The van der Waals surface area contributed by atoms with E-state index in [4.69, 9.17) is 5.11 Å². The largest absolute Gasteiger partial charge is 0.465 e. The highest BCUT2D eigenvalue weighted by Gasteiger charge is 2.14. The number of unbranched alkanes of at least 4 members (excludes halogenated alkanes) is 5. The monoisotopic (exact) mass is 373 g/mol. The number of hydrogen-bond acceptors (Lipinski definition) is 1.